The molecule has 58 heavy (non-hydrogen) atoms. The van der Waals surface area contributed by atoms with E-state index in [1.165, 1.54) is 90.7 Å². The van der Waals surface area contributed by atoms with Crippen LogP contribution in [0.25, 0.3) is 21.5 Å². The Labute approximate surface area is 396 Å². The molecule has 2 aliphatic carbocycles. The van der Waals surface area contributed by atoms with Gasteiger partial charge in [0.05, 0.1) is 0 Å². The molecule has 6 aromatic rings. The van der Waals surface area contributed by atoms with Crippen molar-refractivity contribution in [3.8, 4) is 0 Å². The summed E-state index contributed by atoms with van der Waals surface area (Å²) in [7, 11) is 1.52. The van der Waals surface area contributed by atoms with Crippen molar-refractivity contribution in [2.24, 2.45) is 11.8 Å². The first-order valence-electron chi connectivity index (χ1n) is 19.8. The van der Waals surface area contributed by atoms with Gasteiger partial charge in [-0.25, -0.2) is 23.3 Å². The number of aryl methyl sites for hydroxylation is 2. The minimum Gasteiger partial charge on any atom is -1.00 e. The molecule has 8 rings (SSSR count). The molecule has 0 bridgehead atoms. The molecule has 300 valence electrons. The Morgan fingerprint density at radius 2 is 0.914 bits per heavy atom. The summed E-state index contributed by atoms with van der Waals surface area (Å²) in [5.41, 5.74) is 5.61. The third kappa shape index (κ3) is 17.1. The van der Waals surface area contributed by atoms with Gasteiger partial charge in [-0.1, -0.05) is 130 Å². The molecule has 0 aliphatic heterocycles. The van der Waals surface area contributed by atoms with Crippen molar-refractivity contribution >= 4 is 59.9 Å². The van der Waals surface area contributed by atoms with Gasteiger partial charge < -0.3 is 24.8 Å². The van der Waals surface area contributed by atoms with Crippen LogP contribution >= 0.6 is 17.2 Å². The van der Waals surface area contributed by atoms with Crippen molar-refractivity contribution in [3.05, 3.63) is 180 Å². The van der Waals surface area contributed by atoms with Crippen LogP contribution in [0.5, 0.6) is 0 Å². The third-order valence-electron chi connectivity index (χ3n) is 10.0. The summed E-state index contributed by atoms with van der Waals surface area (Å²) in [6.45, 7) is 13.4. The van der Waals surface area contributed by atoms with E-state index < -0.39 is 0 Å². The summed E-state index contributed by atoms with van der Waals surface area (Å²) in [5.74, 6) is 1.45. The molecule has 0 N–H and O–H groups in total. The summed E-state index contributed by atoms with van der Waals surface area (Å²) in [5, 5.41) is 11.2. The average molecular weight is 912 g/mol. The van der Waals surface area contributed by atoms with Crippen molar-refractivity contribution in [1.29, 1.82) is 0 Å². The van der Waals surface area contributed by atoms with Crippen LogP contribution in [0.2, 0.25) is 0 Å². The number of fused-ring (bicyclic) bond motifs is 2. The van der Waals surface area contributed by atoms with Crippen LogP contribution in [0.4, 0.5) is 0 Å². The van der Waals surface area contributed by atoms with Gasteiger partial charge in [-0.15, -0.1) is 93.5 Å². The van der Waals surface area contributed by atoms with Crippen molar-refractivity contribution in [1.82, 2.24) is 0 Å². The number of benzene rings is 4. The fourth-order valence-electron chi connectivity index (χ4n) is 6.88. The van der Waals surface area contributed by atoms with Crippen molar-refractivity contribution in [3.63, 3.8) is 0 Å². The molecule has 4 atom stereocenters. The van der Waals surface area contributed by atoms with Crippen LogP contribution in [0.15, 0.2) is 157 Å². The second-order valence-electron chi connectivity index (χ2n) is 14.5. The summed E-state index contributed by atoms with van der Waals surface area (Å²) >= 11 is 0. The minimum absolute atomic E-state index is 0. The molecule has 0 saturated heterocycles. The molecular formula is C52H58Cl2P2Ti2-2. The number of hydrogen-bond acceptors (Lipinski definition) is 0. The number of halogens is 2. The maximum Gasteiger partial charge on any atom is 2.00 e. The maximum absolute atomic E-state index is 3.35. The van der Waals surface area contributed by atoms with Gasteiger partial charge >= 0.3 is 43.4 Å². The number of allylic oxidation sites excluding steroid dienone is 8. The van der Waals surface area contributed by atoms with E-state index in [1.807, 2.05) is 0 Å². The monoisotopic (exact) mass is 910 g/mol. The van der Waals surface area contributed by atoms with E-state index in [0.717, 1.165) is 41.8 Å². The fourth-order valence-corrected chi connectivity index (χ4v) is 9.33. The smallest absolute Gasteiger partial charge is 1.00 e. The summed E-state index contributed by atoms with van der Waals surface area (Å²) in [6, 6.07) is 43.6. The molecule has 4 unspecified atom stereocenters. The van der Waals surface area contributed by atoms with Crippen molar-refractivity contribution < 1.29 is 68.2 Å². The second-order valence-corrected chi connectivity index (χ2v) is 17.2. The molecule has 0 fully saturated rings. The Hall–Kier alpha value is -2.07. The van der Waals surface area contributed by atoms with Gasteiger partial charge in [0, 0.05) is 0 Å². The van der Waals surface area contributed by atoms with Crippen LogP contribution in [-0.2, 0) is 43.4 Å². The molecular weight excluding hydrogens is 853 g/mol. The topological polar surface area (TPSA) is 0 Å². The van der Waals surface area contributed by atoms with Gasteiger partial charge in [-0.3, -0.25) is 12.2 Å². The Morgan fingerprint density at radius 1 is 0.552 bits per heavy atom. The van der Waals surface area contributed by atoms with E-state index in [-0.39, 0.29) is 68.2 Å². The van der Waals surface area contributed by atoms with E-state index >= 15 is 0 Å². The zero-order chi connectivity index (χ0) is 38.1. The standard InChI is InChI=1S/2C16H14P.2C10H15.2ClH.2Ti/c2*1-12-6-2-5-9-16(12)17-15-10-13-7-3-4-8-14(13)11-15;2*1-3-6-9(2)10-7-4-5-8-10;;;;/h2*2-11,17H,1H3;2*4,7,9H,3,5-6H2,1-2H3;2*1H;;/q4*-1;;;2*+2/p-2. The number of hydrogen-bond donors (Lipinski definition) is 0. The fraction of sp³-hybridized carbons (Fsp3) is 0.269. The molecule has 0 radical (unpaired) electrons. The normalized spacial score (nSPS) is 13.4. The molecule has 2 aliphatic rings. The molecule has 6 aromatic carbocycles. The Morgan fingerprint density at radius 3 is 1.24 bits per heavy atom. The predicted octanol–water partition coefficient (Wildman–Crippen LogP) is 7.22. The maximum atomic E-state index is 3.35. The zero-order valence-electron chi connectivity index (χ0n) is 35.0. The molecule has 0 heterocycles. The van der Waals surface area contributed by atoms with Crippen molar-refractivity contribution in [2.75, 3.05) is 0 Å². The average Bonchev–Trinajstić information content (AvgIpc) is 4.02. The van der Waals surface area contributed by atoms with Gasteiger partial charge in [0.1, 0.15) is 0 Å². The molecule has 0 nitrogen and oxygen atoms in total. The van der Waals surface area contributed by atoms with E-state index in [0.29, 0.717) is 0 Å². The summed E-state index contributed by atoms with van der Waals surface area (Å²) < 4.78 is 0. The van der Waals surface area contributed by atoms with E-state index in [4.69, 9.17) is 0 Å². The zero-order valence-corrected chi connectivity index (χ0v) is 41.6. The van der Waals surface area contributed by atoms with E-state index in [1.54, 1.807) is 0 Å². The molecule has 0 saturated carbocycles. The van der Waals surface area contributed by atoms with Gasteiger partial charge in [0.25, 0.3) is 0 Å². The molecule has 0 aromatic heterocycles. The van der Waals surface area contributed by atoms with E-state index in [2.05, 4.69) is 199 Å². The van der Waals surface area contributed by atoms with Crippen LogP contribution in [0, 0.1) is 37.8 Å². The third-order valence-corrected chi connectivity index (χ3v) is 12.8. The van der Waals surface area contributed by atoms with Gasteiger partial charge in [0.2, 0.25) is 0 Å². The first-order chi connectivity index (χ1) is 26.3. The molecule has 6 heteroatoms. The van der Waals surface area contributed by atoms with Crippen molar-refractivity contribution in [2.45, 2.75) is 80.1 Å². The SMILES string of the molecule is CCCC(C)C1=[C-]CC=C1.CCCC(C)C1=[C-]CC=C1.Cc1ccccc1Pc1cc2ccccc2[cH-]1.Cc1ccccc1Pc1cc2ccccc2[cH-]1.[Cl-].[Cl-].[Ti+2].[Ti+2]. The molecule has 0 spiro atoms. The first-order valence-corrected chi connectivity index (χ1v) is 21.8. The largest absolute Gasteiger partial charge is 2.00 e. The van der Waals surface area contributed by atoms with Gasteiger partial charge in [-0.2, -0.15) is 24.3 Å². The summed E-state index contributed by atoms with van der Waals surface area (Å²) in [4.78, 5) is 0. The van der Waals surface area contributed by atoms with Crippen LogP contribution in [0.3, 0.4) is 0 Å². The number of rotatable bonds is 10. The van der Waals surface area contributed by atoms with Crippen LogP contribution in [-0.4, -0.2) is 0 Å². The van der Waals surface area contributed by atoms with Crippen LogP contribution < -0.4 is 46.0 Å². The van der Waals surface area contributed by atoms with E-state index in [9.17, 15) is 0 Å². The first kappa shape index (κ1) is 53.9. The molecule has 0 amide bonds. The quantitative estimate of drug-likeness (QED) is 0.0775. The van der Waals surface area contributed by atoms with Gasteiger partial charge in [-0.05, 0) is 48.4 Å². The second kappa shape index (κ2) is 29.2. The summed E-state index contributed by atoms with van der Waals surface area (Å²) in [6.07, 6.45) is 22.7. The Balaban J connectivity index is 0.000000390. The van der Waals surface area contributed by atoms with Crippen LogP contribution in [0.1, 0.15) is 77.3 Å². The van der Waals surface area contributed by atoms with Gasteiger partial charge in [0.15, 0.2) is 0 Å². The Kier molecular flexibility index (Phi) is 27.2. The minimum atomic E-state index is 0. The Bertz CT molecular complexity index is 1970. The predicted molar refractivity (Wildman–Crippen MR) is 246 cm³/mol.